The fourth-order valence-electron chi connectivity index (χ4n) is 1.77. The lowest BCUT2D eigenvalue weighted by Gasteiger charge is -2.14. The molecule has 1 atom stereocenters. The van der Waals surface area contributed by atoms with E-state index in [-0.39, 0.29) is 5.91 Å². The number of rotatable bonds is 7. The zero-order valence-corrected chi connectivity index (χ0v) is 12.3. The molecule has 0 bridgehead atoms. The molecule has 0 aliphatic rings. The molecule has 6 heteroatoms. The number of carboxylic acids is 1. The van der Waals surface area contributed by atoms with Gasteiger partial charge in [0.2, 0.25) is 0 Å². The number of carboxylic acid groups (broad SMARTS) is 1. The van der Waals surface area contributed by atoms with Crippen molar-refractivity contribution in [3.63, 3.8) is 0 Å². The average Bonchev–Trinajstić information content (AvgIpc) is 2.75. The fraction of sp³-hybridized carbons (Fsp3) is 0.538. The van der Waals surface area contributed by atoms with Crippen LogP contribution in [0.2, 0.25) is 0 Å². The van der Waals surface area contributed by atoms with E-state index in [0.29, 0.717) is 24.3 Å². The van der Waals surface area contributed by atoms with Gasteiger partial charge in [0.1, 0.15) is 6.04 Å². The third kappa shape index (κ3) is 4.65. The van der Waals surface area contributed by atoms with Gasteiger partial charge in [0, 0.05) is 6.54 Å². The van der Waals surface area contributed by atoms with Crippen molar-refractivity contribution in [1.82, 2.24) is 10.2 Å². The van der Waals surface area contributed by atoms with Gasteiger partial charge in [0.25, 0.3) is 5.91 Å². The van der Waals surface area contributed by atoms with Crippen LogP contribution in [-0.4, -0.2) is 42.0 Å². The Morgan fingerprint density at radius 2 is 2.16 bits per heavy atom. The van der Waals surface area contributed by atoms with Gasteiger partial charge in [-0.2, -0.15) is 0 Å². The Kier molecular flexibility index (Phi) is 5.98. The predicted octanol–water partition coefficient (Wildman–Crippen LogP) is 1.79. The first-order chi connectivity index (χ1) is 8.95. The normalized spacial score (nSPS) is 12.4. The maximum Gasteiger partial charge on any atom is 0.326 e. The van der Waals surface area contributed by atoms with E-state index < -0.39 is 12.0 Å². The summed E-state index contributed by atoms with van der Waals surface area (Å²) in [7, 11) is 3.85. The second kappa shape index (κ2) is 7.25. The lowest BCUT2D eigenvalue weighted by atomic mass is 10.1. The summed E-state index contributed by atoms with van der Waals surface area (Å²) in [4.78, 5) is 25.7. The minimum Gasteiger partial charge on any atom is -0.480 e. The van der Waals surface area contributed by atoms with Crippen LogP contribution in [0.5, 0.6) is 0 Å². The Labute approximate surface area is 117 Å². The van der Waals surface area contributed by atoms with E-state index >= 15 is 0 Å². The summed E-state index contributed by atoms with van der Waals surface area (Å²) < 4.78 is 0. The summed E-state index contributed by atoms with van der Waals surface area (Å²) in [5.41, 5.74) is 0.924. The molecule has 0 saturated heterocycles. The fourth-order valence-corrected chi connectivity index (χ4v) is 2.59. The van der Waals surface area contributed by atoms with E-state index in [1.165, 1.54) is 11.3 Å². The Balaban J connectivity index is 2.77. The number of hydrogen-bond acceptors (Lipinski definition) is 4. The topological polar surface area (TPSA) is 69.6 Å². The van der Waals surface area contributed by atoms with Crippen LogP contribution in [0.25, 0.3) is 0 Å². The van der Waals surface area contributed by atoms with Crippen molar-refractivity contribution in [2.24, 2.45) is 0 Å². The Morgan fingerprint density at radius 1 is 1.47 bits per heavy atom. The van der Waals surface area contributed by atoms with Gasteiger partial charge in [-0.3, -0.25) is 4.79 Å². The molecule has 19 heavy (non-hydrogen) atoms. The number of thiophene rings is 1. The number of nitrogens with one attached hydrogen (secondary N) is 1. The standard InChI is InChI=1S/C13H20N2O3S/c1-4-5-10(13(17)18)14-12(16)11-9(6-7-19-11)8-15(2)3/h6-7,10H,4-5,8H2,1-3H3,(H,14,16)(H,17,18). The van der Waals surface area contributed by atoms with Gasteiger partial charge in [0.05, 0.1) is 4.88 Å². The minimum atomic E-state index is -0.985. The largest absolute Gasteiger partial charge is 0.480 e. The van der Waals surface area contributed by atoms with E-state index in [1.807, 2.05) is 37.4 Å². The molecular weight excluding hydrogens is 264 g/mol. The SMILES string of the molecule is CCCC(NC(=O)c1sccc1CN(C)C)C(=O)O. The molecule has 1 aromatic heterocycles. The molecule has 1 aromatic rings. The molecule has 0 aliphatic heterocycles. The molecule has 0 spiro atoms. The Hall–Kier alpha value is -1.40. The van der Waals surface area contributed by atoms with E-state index in [9.17, 15) is 9.59 Å². The number of carbonyl (C=O) groups is 2. The number of aliphatic carboxylic acids is 1. The van der Waals surface area contributed by atoms with Crippen molar-refractivity contribution >= 4 is 23.2 Å². The summed E-state index contributed by atoms with van der Waals surface area (Å²) >= 11 is 1.34. The molecule has 0 radical (unpaired) electrons. The molecule has 0 aromatic carbocycles. The van der Waals surface area contributed by atoms with Gasteiger partial charge in [-0.1, -0.05) is 13.3 Å². The van der Waals surface area contributed by atoms with Crippen molar-refractivity contribution in [2.75, 3.05) is 14.1 Å². The lowest BCUT2D eigenvalue weighted by Crippen LogP contribution is -2.40. The smallest absolute Gasteiger partial charge is 0.326 e. The van der Waals surface area contributed by atoms with Crippen LogP contribution in [0.1, 0.15) is 35.0 Å². The van der Waals surface area contributed by atoms with E-state index in [4.69, 9.17) is 5.11 Å². The maximum atomic E-state index is 12.1. The number of carbonyl (C=O) groups excluding carboxylic acids is 1. The first-order valence-electron chi connectivity index (χ1n) is 6.20. The van der Waals surface area contributed by atoms with Crippen LogP contribution in [0.4, 0.5) is 0 Å². The van der Waals surface area contributed by atoms with Crippen LogP contribution in [-0.2, 0) is 11.3 Å². The van der Waals surface area contributed by atoms with Gasteiger partial charge in [-0.05, 0) is 37.5 Å². The number of hydrogen-bond donors (Lipinski definition) is 2. The van der Waals surface area contributed by atoms with E-state index in [2.05, 4.69) is 5.32 Å². The number of amides is 1. The maximum absolute atomic E-state index is 12.1. The summed E-state index contributed by atoms with van der Waals surface area (Å²) in [6.45, 7) is 2.56. The Morgan fingerprint density at radius 3 is 2.68 bits per heavy atom. The van der Waals surface area contributed by atoms with Crippen molar-refractivity contribution in [3.05, 3.63) is 21.9 Å². The third-order valence-corrected chi connectivity index (χ3v) is 3.58. The highest BCUT2D eigenvalue weighted by Crippen LogP contribution is 2.18. The summed E-state index contributed by atoms with van der Waals surface area (Å²) in [6, 6.07) is 1.08. The average molecular weight is 284 g/mol. The molecule has 0 saturated carbocycles. The van der Waals surface area contributed by atoms with Gasteiger partial charge in [0.15, 0.2) is 0 Å². The monoisotopic (exact) mass is 284 g/mol. The van der Waals surface area contributed by atoms with Crippen LogP contribution < -0.4 is 5.32 Å². The van der Waals surface area contributed by atoms with Crippen molar-refractivity contribution < 1.29 is 14.7 Å². The first-order valence-corrected chi connectivity index (χ1v) is 7.08. The molecule has 2 N–H and O–H groups in total. The highest BCUT2D eigenvalue weighted by atomic mass is 32.1. The summed E-state index contributed by atoms with van der Waals surface area (Å²) in [6.07, 6.45) is 1.15. The Bertz CT molecular complexity index is 443. The molecule has 106 valence electrons. The van der Waals surface area contributed by atoms with E-state index in [0.717, 1.165) is 5.56 Å². The van der Waals surface area contributed by atoms with Crippen molar-refractivity contribution in [3.8, 4) is 0 Å². The predicted molar refractivity (Wildman–Crippen MR) is 75.5 cm³/mol. The zero-order chi connectivity index (χ0) is 14.4. The highest BCUT2D eigenvalue weighted by Gasteiger charge is 2.21. The summed E-state index contributed by atoms with van der Waals surface area (Å²) in [5.74, 6) is -1.28. The van der Waals surface area contributed by atoms with Crippen LogP contribution in [0.3, 0.4) is 0 Å². The van der Waals surface area contributed by atoms with Crippen LogP contribution >= 0.6 is 11.3 Å². The molecule has 5 nitrogen and oxygen atoms in total. The van der Waals surface area contributed by atoms with Gasteiger partial charge < -0.3 is 15.3 Å². The van der Waals surface area contributed by atoms with Crippen LogP contribution in [0, 0.1) is 0 Å². The van der Waals surface area contributed by atoms with E-state index in [1.54, 1.807) is 0 Å². The quantitative estimate of drug-likeness (QED) is 0.801. The molecule has 1 amide bonds. The molecule has 0 aliphatic carbocycles. The van der Waals surface area contributed by atoms with Gasteiger partial charge >= 0.3 is 5.97 Å². The van der Waals surface area contributed by atoms with Crippen molar-refractivity contribution in [1.29, 1.82) is 0 Å². The summed E-state index contributed by atoms with van der Waals surface area (Å²) in [5, 5.41) is 13.5. The third-order valence-electron chi connectivity index (χ3n) is 2.62. The number of nitrogens with zero attached hydrogens (tertiary/aromatic N) is 1. The minimum absolute atomic E-state index is 0.298. The second-order valence-corrected chi connectivity index (χ2v) is 5.58. The lowest BCUT2D eigenvalue weighted by molar-refractivity contribution is -0.139. The van der Waals surface area contributed by atoms with Gasteiger partial charge in [-0.15, -0.1) is 11.3 Å². The molecular formula is C13H20N2O3S. The molecule has 1 heterocycles. The van der Waals surface area contributed by atoms with Gasteiger partial charge in [-0.25, -0.2) is 4.79 Å². The molecule has 1 unspecified atom stereocenters. The zero-order valence-electron chi connectivity index (χ0n) is 11.5. The van der Waals surface area contributed by atoms with Crippen molar-refractivity contribution in [2.45, 2.75) is 32.4 Å². The van der Waals surface area contributed by atoms with Crippen LogP contribution in [0.15, 0.2) is 11.4 Å². The molecule has 1 rings (SSSR count). The first kappa shape index (κ1) is 15.7. The highest BCUT2D eigenvalue weighted by molar-refractivity contribution is 7.12. The molecule has 0 fully saturated rings. The second-order valence-electron chi connectivity index (χ2n) is 4.67.